The Morgan fingerprint density at radius 3 is 2.58 bits per heavy atom. The average Bonchev–Trinajstić information content (AvgIpc) is 2.38. The predicted molar refractivity (Wildman–Crippen MR) is 81.3 cm³/mol. The third kappa shape index (κ3) is 7.33. The van der Waals surface area contributed by atoms with Gasteiger partial charge in [-0.3, -0.25) is 9.69 Å². The number of ether oxygens (including phenoxy) is 1. The van der Waals surface area contributed by atoms with Gasteiger partial charge in [-0.15, -0.1) is 0 Å². The molecule has 0 radical (unpaired) electrons. The lowest BCUT2D eigenvalue weighted by atomic mass is 10.2. The standard InChI is InChI=1S/C15H22BrNO2/c1-13(2)12-19-15(18)11-17(9-8-16)10-14-6-4-3-5-7-14/h3-7,13H,8-12H2,1-2H3. The van der Waals surface area contributed by atoms with Crippen molar-refractivity contribution in [1.82, 2.24) is 4.90 Å². The van der Waals surface area contributed by atoms with Crippen LogP contribution >= 0.6 is 15.9 Å². The van der Waals surface area contributed by atoms with Gasteiger partial charge in [-0.1, -0.05) is 60.1 Å². The maximum absolute atomic E-state index is 11.7. The van der Waals surface area contributed by atoms with Gasteiger partial charge in [0.25, 0.3) is 0 Å². The van der Waals surface area contributed by atoms with Crippen molar-refractivity contribution < 1.29 is 9.53 Å². The van der Waals surface area contributed by atoms with Crippen LogP contribution in [0.1, 0.15) is 19.4 Å². The number of nitrogens with zero attached hydrogens (tertiary/aromatic N) is 1. The quantitative estimate of drug-likeness (QED) is 0.543. The molecule has 0 aliphatic carbocycles. The summed E-state index contributed by atoms with van der Waals surface area (Å²) in [6, 6.07) is 10.2. The van der Waals surface area contributed by atoms with Gasteiger partial charge in [0, 0.05) is 18.4 Å². The van der Waals surface area contributed by atoms with Crippen molar-refractivity contribution in [2.45, 2.75) is 20.4 Å². The molecule has 0 saturated heterocycles. The number of alkyl halides is 1. The topological polar surface area (TPSA) is 29.5 Å². The van der Waals surface area contributed by atoms with Gasteiger partial charge in [0.2, 0.25) is 0 Å². The molecule has 0 spiro atoms. The van der Waals surface area contributed by atoms with E-state index in [1.54, 1.807) is 0 Å². The Labute approximate surface area is 124 Å². The van der Waals surface area contributed by atoms with Crippen LogP contribution < -0.4 is 0 Å². The SMILES string of the molecule is CC(C)COC(=O)CN(CCBr)Cc1ccccc1. The summed E-state index contributed by atoms with van der Waals surface area (Å²) >= 11 is 3.42. The summed E-state index contributed by atoms with van der Waals surface area (Å²) in [7, 11) is 0. The lowest BCUT2D eigenvalue weighted by Crippen LogP contribution is -2.32. The maximum Gasteiger partial charge on any atom is 0.320 e. The molecule has 0 fully saturated rings. The van der Waals surface area contributed by atoms with Crippen LogP contribution in [0, 0.1) is 5.92 Å². The van der Waals surface area contributed by atoms with E-state index in [2.05, 4.69) is 33.0 Å². The van der Waals surface area contributed by atoms with Crippen LogP contribution in [-0.4, -0.2) is 35.9 Å². The van der Waals surface area contributed by atoms with Gasteiger partial charge >= 0.3 is 5.97 Å². The van der Waals surface area contributed by atoms with Gasteiger partial charge in [-0.2, -0.15) is 0 Å². The van der Waals surface area contributed by atoms with Crippen molar-refractivity contribution in [3.05, 3.63) is 35.9 Å². The molecule has 1 aromatic rings. The Bertz CT molecular complexity index is 368. The third-order valence-corrected chi connectivity index (χ3v) is 2.93. The second kappa shape index (κ2) is 9.10. The smallest absolute Gasteiger partial charge is 0.320 e. The molecule has 0 aliphatic heterocycles. The van der Waals surface area contributed by atoms with E-state index in [0.717, 1.165) is 18.4 Å². The number of carbonyl (C=O) groups excluding carboxylic acids is 1. The first kappa shape index (κ1) is 16.2. The van der Waals surface area contributed by atoms with Gasteiger partial charge in [-0.05, 0) is 11.5 Å². The molecule has 19 heavy (non-hydrogen) atoms. The highest BCUT2D eigenvalue weighted by atomic mass is 79.9. The van der Waals surface area contributed by atoms with E-state index in [9.17, 15) is 4.79 Å². The summed E-state index contributed by atoms with van der Waals surface area (Å²) in [6.07, 6.45) is 0. The fourth-order valence-corrected chi connectivity index (χ4v) is 2.16. The highest BCUT2D eigenvalue weighted by Crippen LogP contribution is 2.05. The van der Waals surface area contributed by atoms with E-state index in [4.69, 9.17) is 4.74 Å². The molecule has 3 nitrogen and oxygen atoms in total. The molecule has 0 aromatic heterocycles. The van der Waals surface area contributed by atoms with Gasteiger partial charge in [0.05, 0.1) is 13.2 Å². The zero-order valence-corrected chi connectivity index (χ0v) is 13.2. The monoisotopic (exact) mass is 327 g/mol. The molecule has 1 aromatic carbocycles. The van der Waals surface area contributed by atoms with Crippen LogP contribution in [0.2, 0.25) is 0 Å². The molecule has 0 unspecified atom stereocenters. The second-order valence-electron chi connectivity index (χ2n) is 4.96. The Hall–Kier alpha value is -0.870. The summed E-state index contributed by atoms with van der Waals surface area (Å²) in [5.74, 6) is 0.230. The summed E-state index contributed by atoms with van der Waals surface area (Å²) in [5.41, 5.74) is 1.21. The fourth-order valence-electron chi connectivity index (χ4n) is 1.66. The van der Waals surface area contributed by atoms with E-state index >= 15 is 0 Å². The fraction of sp³-hybridized carbons (Fsp3) is 0.533. The number of hydrogen-bond acceptors (Lipinski definition) is 3. The Kier molecular flexibility index (Phi) is 7.75. The van der Waals surface area contributed by atoms with E-state index in [1.165, 1.54) is 5.56 Å². The molecule has 106 valence electrons. The van der Waals surface area contributed by atoms with E-state index in [1.807, 2.05) is 32.0 Å². The molecular weight excluding hydrogens is 306 g/mol. The summed E-state index contributed by atoms with van der Waals surface area (Å²) in [6.45, 7) is 6.50. The largest absolute Gasteiger partial charge is 0.464 e. The third-order valence-electron chi connectivity index (χ3n) is 2.58. The van der Waals surface area contributed by atoms with Gasteiger partial charge < -0.3 is 4.74 Å². The highest BCUT2D eigenvalue weighted by molar-refractivity contribution is 9.09. The maximum atomic E-state index is 11.7. The molecule has 0 aliphatic rings. The first-order valence-corrected chi connectivity index (χ1v) is 7.72. The van der Waals surface area contributed by atoms with Crippen LogP contribution in [0.4, 0.5) is 0 Å². The summed E-state index contributed by atoms with van der Waals surface area (Å²) in [5, 5.41) is 0.845. The van der Waals surface area contributed by atoms with Crippen LogP contribution in [0.3, 0.4) is 0 Å². The van der Waals surface area contributed by atoms with Gasteiger partial charge in [0.15, 0.2) is 0 Å². The van der Waals surface area contributed by atoms with E-state index in [0.29, 0.717) is 19.1 Å². The molecule has 0 bridgehead atoms. The molecule has 1 rings (SSSR count). The first-order chi connectivity index (χ1) is 9.11. The van der Waals surface area contributed by atoms with Crippen LogP contribution in [0.15, 0.2) is 30.3 Å². The van der Waals surface area contributed by atoms with Gasteiger partial charge in [0.1, 0.15) is 0 Å². The highest BCUT2D eigenvalue weighted by Gasteiger charge is 2.12. The number of carbonyl (C=O) groups is 1. The van der Waals surface area contributed by atoms with Gasteiger partial charge in [-0.25, -0.2) is 0 Å². The predicted octanol–water partition coefficient (Wildman–Crippen LogP) is 3.08. The zero-order valence-electron chi connectivity index (χ0n) is 11.6. The van der Waals surface area contributed by atoms with Crippen LogP contribution in [0.5, 0.6) is 0 Å². The Balaban J connectivity index is 2.46. The van der Waals surface area contributed by atoms with Crippen molar-refractivity contribution in [3.8, 4) is 0 Å². The van der Waals surface area contributed by atoms with Crippen molar-refractivity contribution in [3.63, 3.8) is 0 Å². The average molecular weight is 328 g/mol. The van der Waals surface area contributed by atoms with E-state index in [-0.39, 0.29) is 5.97 Å². The number of rotatable bonds is 8. The normalized spacial score (nSPS) is 11.0. The molecule has 4 heteroatoms. The molecule has 0 atom stereocenters. The minimum atomic E-state index is -0.148. The zero-order chi connectivity index (χ0) is 14.1. The number of halogens is 1. The lowest BCUT2D eigenvalue weighted by Gasteiger charge is -2.20. The summed E-state index contributed by atoms with van der Waals surface area (Å²) < 4.78 is 5.22. The molecular formula is C15H22BrNO2. The van der Waals surface area contributed by atoms with Crippen molar-refractivity contribution in [1.29, 1.82) is 0 Å². The molecule has 0 N–H and O–H groups in total. The number of benzene rings is 1. The van der Waals surface area contributed by atoms with E-state index < -0.39 is 0 Å². The lowest BCUT2D eigenvalue weighted by molar-refractivity contribution is -0.146. The minimum absolute atomic E-state index is 0.148. The summed E-state index contributed by atoms with van der Waals surface area (Å²) in [4.78, 5) is 13.8. The minimum Gasteiger partial charge on any atom is -0.464 e. The Morgan fingerprint density at radius 2 is 2.00 bits per heavy atom. The molecule has 0 heterocycles. The van der Waals surface area contributed by atoms with Crippen LogP contribution in [-0.2, 0) is 16.1 Å². The van der Waals surface area contributed by atoms with Crippen LogP contribution in [0.25, 0.3) is 0 Å². The Morgan fingerprint density at radius 1 is 1.32 bits per heavy atom. The number of esters is 1. The van der Waals surface area contributed by atoms with Crippen molar-refractivity contribution in [2.24, 2.45) is 5.92 Å². The first-order valence-electron chi connectivity index (χ1n) is 6.59. The van der Waals surface area contributed by atoms with Crippen molar-refractivity contribution in [2.75, 3.05) is 25.0 Å². The number of hydrogen-bond donors (Lipinski definition) is 0. The molecule has 0 amide bonds. The molecule has 0 saturated carbocycles. The van der Waals surface area contributed by atoms with Crippen molar-refractivity contribution >= 4 is 21.9 Å². The second-order valence-corrected chi connectivity index (χ2v) is 5.76.